The fourth-order valence-corrected chi connectivity index (χ4v) is 4.39. The highest BCUT2D eigenvalue weighted by atomic mass is 32.1. The van der Waals surface area contributed by atoms with E-state index in [1.54, 1.807) is 42.5 Å². The van der Waals surface area contributed by atoms with Gasteiger partial charge < -0.3 is 10.1 Å². The molecule has 2 heterocycles. The highest BCUT2D eigenvalue weighted by Crippen LogP contribution is 2.25. The maximum Gasteiger partial charge on any atom is 0.337 e. The largest absolute Gasteiger partial charge is 0.465 e. The first-order valence-corrected chi connectivity index (χ1v) is 11.2. The van der Waals surface area contributed by atoms with Gasteiger partial charge in [-0.05, 0) is 55.8 Å². The number of aryl methyl sites for hydroxylation is 2. The second kappa shape index (κ2) is 9.73. The van der Waals surface area contributed by atoms with Gasteiger partial charge in [-0.3, -0.25) is 14.2 Å². The Bertz CT molecular complexity index is 1540. The van der Waals surface area contributed by atoms with Crippen molar-refractivity contribution in [3.63, 3.8) is 0 Å². The van der Waals surface area contributed by atoms with Crippen LogP contribution in [0.1, 0.15) is 31.9 Å². The van der Waals surface area contributed by atoms with Crippen molar-refractivity contribution < 1.29 is 14.3 Å². The highest BCUT2D eigenvalue weighted by Gasteiger charge is 2.14. The number of esters is 1. The van der Waals surface area contributed by atoms with Gasteiger partial charge in [0, 0.05) is 21.7 Å². The van der Waals surface area contributed by atoms with E-state index in [1.807, 2.05) is 19.9 Å². The molecule has 4 rings (SSSR count). The first-order chi connectivity index (χ1) is 16.4. The topological polar surface area (TPSA) is 90.3 Å². The van der Waals surface area contributed by atoms with Gasteiger partial charge in [-0.15, -0.1) is 11.3 Å². The van der Waals surface area contributed by atoms with Gasteiger partial charge in [-0.25, -0.2) is 9.78 Å². The molecule has 2 aromatic heterocycles. The van der Waals surface area contributed by atoms with E-state index in [0.29, 0.717) is 32.6 Å². The minimum absolute atomic E-state index is 0.146. The molecule has 0 radical (unpaired) electrons. The molecule has 0 bridgehead atoms. The van der Waals surface area contributed by atoms with Crippen LogP contribution in [-0.4, -0.2) is 28.5 Å². The summed E-state index contributed by atoms with van der Waals surface area (Å²) in [6.07, 6.45) is 1.41. The van der Waals surface area contributed by atoms with Crippen LogP contribution in [0.5, 0.6) is 0 Å². The lowest BCUT2D eigenvalue weighted by Crippen LogP contribution is -2.27. The number of amides is 1. The van der Waals surface area contributed by atoms with E-state index in [4.69, 9.17) is 4.74 Å². The van der Waals surface area contributed by atoms with Crippen molar-refractivity contribution in [1.82, 2.24) is 9.55 Å². The standard InChI is InChI=1S/C26H21N3O4S/c1-16-17(2)34-24-23(16)25(31)29(15-27-24)14-22(30)28-21-9-5-7-19(13-21)11-10-18-6-4-8-20(12-18)26(32)33-3/h4-9,12-13,15H,14H2,1-3H3,(H,28,30). The number of rotatable bonds is 4. The summed E-state index contributed by atoms with van der Waals surface area (Å²) in [5, 5.41) is 3.36. The molecule has 0 aliphatic heterocycles. The zero-order valence-electron chi connectivity index (χ0n) is 18.8. The second-order valence-electron chi connectivity index (χ2n) is 7.59. The normalized spacial score (nSPS) is 10.4. The third-order valence-corrected chi connectivity index (χ3v) is 6.37. The third kappa shape index (κ3) is 4.90. The summed E-state index contributed by atoms with van der Waals surface area (Å²) >= 11 is 1.47. The summed E-state index contributed by atoms with van der Waals surface area (Å²) in [7, 11) is 1.33. The Balaban J connectivity index is 1.49. The number of carbonyl (C=O) groups is 2. The van der Waals surface area contributed by atoms with E-state index in [0.717, 1.165) is 10.4 Å². The van der Waals surface area contributed by atoms with Crippen molar-refractivity contribution >= 4 is 39.1 Å². The van der Waals surface area contributed by atoms with Gasteiger partial charge in [0.25, 0.3) is 5.56 Å². The molecule has 34 heavy (non-hydrogen) atoms. The molecule has 0 aliphatic rings. The first kappa shape index (κ1) is 23.0. The molecule has 170 valence electrons. The van der Waals surface area contributed by atoms with Crippen LogP contribution in [-0.2, 0) is 16.1 Å². The van der Waals surface area contributed by atoms with Crippen LogP contribution in [0.15, 0.2) is 59.7 Å². The fourth-order valence-electron chi connectivity index (χ4n) is 3.40. The van der Waals surface area contributed by atoms with Gasteiger partial charge >= 0.3 is 5.97 Å². The predicted molar refractivity (Wildman–Crippen MR) is 132 cm³/mol. The van der Waals surface area contributed by atoms with Crippen molar-refractivity contribution in [2.75, 3.05) is 12.4 Å². The molecule has 1 amide bonds. The van der Waals surface area contributed by atoms with Crippen molar-refractivity contribution in [2.24, 2.45) is 0 Å². The Morgan fingerprint density at radius 2 is 1.79 bits per heavy atom. The smallest absolute Gasteiger partial charge is 0.337 e. The Hall–Kier alpha value is -4.22. The lowest BCUT2D eigenvalue weighted by atomic mass is 10.1. The van der Waals surface area contributed by atoms with Crippen LogP contribution in [0.3, 0.4) is 0 Å². The quantitative estimate of drug-likeness (QED) is 0.360. The molecule has 1 N–H and O–H groups in total. The van der Waals surface area contributed by atoms with E-state index in [1.165, 1.54) is 29.3 Å². The zero-order valence-corrected chi connectivity index (χ0v) is 19.7. The highest BCUT2D eigenvalue weighted by molar-refractivity contribution is 7.18. The van der Waals surface area contributed by atoms with Crippen LogP contribution in [0.2, 0.25) is 0 Å². The summed E-state index contributed by atoms with van der Waals surface area (Å²) in [5.74, 6) is 5.27. The number of nitrogens with zero attached hydrogens (tertiary/aromatic N) is 2. The molecule has 0 saturated carbocycles. The molecule has 0 spiro atoms. The molecule has 0 aliphatic carbocycles. The van der Waals surface area contributed by atoms with E-state index in [-0.39, 0.29) is 18.0 Å². The number of aromatic nitrogens is 2. The summed E-state index contributed by atoms with van der Waals surface area (Å²) in [6.45, 7) is 3.69. The maximum atomic E-state index is 12.8. The van der Waals surface area contributed by atoms with Gasteiger partial charge in [0.05, 0.1) is 24.4 Å². The van der Waals surface area contributed by atoms with Crippen LogP contribution >= 0.6 is 11.3 Å². The minimum atomic E-state index is -0.425. The number of carbonyl (C=O) groups excluding carboxylic acids is 2. The Labute approximate surface area is 200 Å². The van der Waals surface area contributed by atoms with E-state index in [9.17, 15) is 14.4 Å². The Kier molecular flexibility index (Phi) is 6.57. The lowest BCUT2D eigenvalue weighted by molar-refractivity contribution is -0.116. The molecular formula is C26H21N3O4S. The number of hydrogen-bond donors (Lipinski definition) is 1. The number of methoxy groups -OCH3 is 1. The summed E-state index contributed by atoms with van der Waals surface area (Å²) in [6, 6.07) is 13.9. The summed E-state index contributed by atoms with van der Waals surface area (Å²) in [5.41, 5.74) is 3.01. The van der Waals surface area contributed by atoms with Gasteiger partial charge in [0.2, 0.25) is 5.91 Å². The number of benzene rings is 2. The number of hydrogen-bond acceptors (Lipinski definition) is 6. The second-order valence-corrected chi connectivity index (χ2v) is 8.80. The number of fused-ring (bicyclic) bond motifs is 1. The molecule has 4 aromatic rings. The molecular weight excluding hydrogens is 450 g/mol. The molecule has 0 unspecified atom stereocenters. The number of anilines is 1. The first-order valence-electron chi connectivity index (χ1n) is 10.4. The Morgan fingerprint density at radius 3 is 2.53 bits per heavy atom. The van der Waals surface area contributed by atoms with Crippen LogP contribution in [0.25, 0.3) is 10.2 Å². The minimum Gasteiger partial charge on any atom is -0.465 e. The van der Waals surface area contributed by atoms with Crippen LogP contribution < -0.4 is 10.9 Å². The van der Waals surface area contributed by atoms with Crippen LogP contribution in [0, 0.1) is 25.7 Å². The van der Waals surface area contributed by atoms with Gasteiger partial charge in [-0.2, -0.15) is 0 Å². The third-order valence-electron chi connectivity index (χ3n) is 5.25. The van der Waals surface area contributed by atoms with Crippen LogP contribution in [0.4, 0.5) is 5.69 Å². The maximum absolute atomic E-state index is 12.8. The SMILES string of the molecule is COC(=O)c1cccc(C#Cc2cccc(NC(=O)Cn3cnc4sc(C)c(C)c4c3=O)c2)c1. The van der Waals surface area contributed by atoms with Crippen molar-refractivity contribution in [2.45, 2.75) is 20.4 Å². The lowest BCUT2D eigenvalue weighted by Gasteiger charge is -2.08. The predicted octanol–water partition coefficient (Wildman–Crippen LogP) is 3.90. The van der Waals surface area contributed by atoms with E-state index in [2.05, 4.69) is 22.1 Å². The van der Waals surface area contributed by atoms with E-state index >= 15 is 0 Å². The van der Waals surface area contributed by atoms with Crippen molar-refractivity contribution in [1.29, 1.82) is 0 Å². The number of nitrogens with one attached hydrogen (secondary N) is 1. The molecule has 0 atom stereocenters. The average Bonchev–Trinajstić information content (AvgIpc) is 3.13. The molecule has 0 saturated heterocycles. The van der Waals surface area contributed by atoms with E-state index < -0.39 is 5.97 Å². The van der Waals surface area contributed by atoms with Gasteiger partial charge in [0.1, 0.15) is 11.4 Å². The summed E-state index contributed by atoms with van der Waals surface area (Å²) < 4.78 is 6.05. The number of thiophene rings is 1. The molecule has 0 fully saturated rings. The van der Waals surface area contributed by atoms with Gasteiger partial charge in [-0.1, -0.05) is 24.0 Å². The number of ether oxygens (including phenoxy) is 1. The Morgan fingerprint density at radius 1 is 1.09 bits per heavy atom. The molecule has 2 aromatic carbocycles. The molecule has 8 heteroatoms. The van der Waals surface area contributed by atoms with Crippen molar-refractivity contribution in [3.8, 4) is 11.8 Å². The molecule has 7 nitrogen and oxygen atoms in total. The summed E-state index contributed by atoms with van der Waals surface area (Å²) in [4.78, 5) is 43.2. The fraction of sp³-hybridized carbons (Fsp3) is 0.154. The zero-order chi connectivity index (χ0) is 24.2. The average molecular weight is 472 g/mol. The van der Waals surface area contributed by atoms with Crippen molar-refractivity contribution in [3.05, 3.63) is 92.3 Å². The monoisotopic (exact) mass is 471 g/mol. The van der Waals surface area contributed by atoms with Gasteiger partial charge in [0.15, 0.2) is 0 Å².